The SMILES string of the molecule is CN1CCN(CCCN2c3ccccc3Sc3ccc(S(=O)(=O)N(C)C)cc32)CC1.O=C(O)/C=C/C(=O)O.O=C(O)/C=C/C(=O)O. The van der Waals surface area contributed by atoms with Crippen molar-refractivity contribution in [2.45, 2.75) is 21.1 Å². The Morgan fingerprint density at radius 1 is 0.761 bits per heavy atom. The van der Waals surface area contributed by atoms with Crippen molar-refractivity contribution < 1.29 is 48.0 Å². The average molecular weight is 679 g/mol. The molecule has 4 N–H and O–H groups in total. The van der Waals surface area contributed by atoms with Crippen molar-refractivity contribution >= 4 is 57.0 Å². The maximum absolute atomic E-state index is 12.7. The van der Waals surface area contributed by atoms with Crippen LogP contribution in [0.5, 0.6) is 0 Å². The van der Waals surface area contributed by atoms with Gasteiger partial charge in [-0.15, -0.1) is 0 Å². The van der Waals surface area contributed by atoms with Crippen LogP contribution in [0, 0.1) is 0 Å². The molecule has 46 heavy (non-hydrogen) atoms. The third kappa shape index (κ3) is 12.3. The number of sulfonamides is 1. The number of hydrogen-bond donors (Lipinski definition) is 4. The zero-order chi connectivity index (χ0) is 34.4. The molecule has 14 nitrogen and oxygen atoms in total. The van der Waals surface area contributed by atoms with Crippen LogP contribution in [0.3, 0.4) is 0 Å². The van der Waals surface area contributed by atoms with E-state index >= 15 is 0 Å². The number of carboxylic acids is 4. The van der Waals surface area contributed by atoms with Crippen molar-refractivity contribution in [2.24, 2.45) is 0 Å². The van der Waals surface area contributed by atoms with Gasteiger partial charge in [-0.05, 0) is 50.3 Å². The highest BCUT2D eigenvalue weighted by molar-refractivity contribution is 7.99. The lowest BCUT2D eigenvalue weighted by Gasteiger charge is -2.35. The smallest absolute Gasteiger partial charge is 0.328 e. The number of likely N-dealkylation sites (N-methyl/N-ethyl adjacent to an activating group) is 1. The highest BCUT2D eigenvalue weighted by atomic mass is 32.2. The van der Waals surface area contributed by atoms with Crippen molar-refractivity contribution in [3.63, 3.8) is 0 Å². The molecule has 1 fully saturated rings. The number of aliphatic carboxylic acids is 4. The molecule has 2 heterocycles. The summed E-state index contributed by atoms with van der Waals surface area (Å²) in [4.78, 5) is 48.1. The van der Waals surface area contributed by atoms with Gasteiger partial charge in [0.2, 0.25) is 10.0 Å². The molecule has 2 aromatic rings. The van der Waals surface area contributed by atoms with Crippen LogP contribution >= 0.6 is 11.8 Å². The summed E-state index contributed by atoms with van der Waals surface area (Å²) in [6, 6.07) is 13.9. The number of fused-ring (bicyclic) bond motifs is 2. The lowest BCUT2D eigenvalue weighted by molar-refractivity contribution is -0.134. The van der Waals surface area contributed by atoms with Crippen molar-refractivity contribution in [2.75, 3.05) is 65.3 Å². The fraction of sp³-hybridized carbons (Fsp3) is 0.333. The third-order valence-electron chi connectivity index (χ3n) is 6.56. The number of anilines is 2. The molecule has 0 saturated carbocycles. The van der Waals surface area contributed by atoms with Crippen LogP contribution < -0.4 is 4.90 Å². The number of carbonyl (C=O) groups is 4. The molecule has 0 bridgehead atoms. The highest BCUT2D eigenvalue weighted by Crippen LogP contribution is 2.48. The molecule has 0 aliphatic carbocycles. The van der Waals surface area contributed by atoms with Gasteiger partial charge in [-0.1, -0.05) is 23.9 Å². The zero-order valence-electron chi connectivity index (χ0n) is 25.6. The minimum absolute atomic E-state index is 0.343. The second kappa shape index (κ2) is 18.1. The van der Waals surface area contributed by atoms with Crippen molar-refractivity contribution in [1.29, 1.82) is 0 Å². The summed E-state index contributed by atoms with van der Waals surface area (Å²) in [5.74, 6) is -5.03. The Bertz CT molecular complexity index is 1490. The summed E-state index contributed by atoms with van der Waals surface area (Å²) in [7, 11) is 1.86. The summed E-state index contributed by atoms with van der Waals surface area (Å²) in [6.07, 6.45) is 3.27. The first kappa shape index (κ1) is 38.0. The number of hydrogen-bond acceptors (Lipinski definition) is 10. The van der Waals surface area contributed by atoms with Gasteiger partial charge in [-0.25, -0.2) is 31.9 Å². The van der Waals surface area contributed by atoms with Crippen molar-refractivity contribution in [3.8, 4) is 0 Å². The fourth-order valence-corrected chi connectivity index (χ4v) is 6.23. The lowest BCUT2D eigenvalue weighted by atomic mass is 10.2. The molecule has 0 radical (unpaired) electrons. The van der Waals surface area contributed by atoms with E-state index in [2.05, 4.69) is 46.0 Å². The van der Waals surface area contributed by atoms with Gasteiger partial charge in [-0.3, -0.25) is 0 Å². The maximum Gasteiger partial charge on any atom is 0.328 e. The molecule has 2 aliphatic rings. The Kier molecular flexibility index (Phi) is 14.9. The first-order valence-electron chi connectivity index (χ1n) is 13.9. The molecule has 2 aromatic carbocycles. The van der Waals surface area contributed by atoms with Crippen LogP contribution in [-0.4, -0.2) is 127 Å². The van der Waals surface area contributed by atoms with E-state index < -0.39 is 33.9 Å². The van der Waals surface area contributed by atoms with Crippen LogP contribution in [0.4, 0.5) is 11.4 Å². The molecule has 0 atom stereocenters. The van der Waals surface area contributed by atoms with E-state index in [1.54, 1.807) is 31.9 Å². The Morgan fingerprint density at radius 2 is 1.26 bits per heavy atom. The third-order valence-corrected chi connectivity index (χ3v) is 9.51. The second-order valence-corrected chi connectivity index (χ2v) is 13.4. The van der Waals surface area contributed by atoms with E-state index in [0.717, 1.165) is 62.0 Å². The first-order valence-corrected chi connectivity index (χ1v) is 16.2. The van der Waals surface area contributed by atoms with Gasteiger partial charge < -0.3 is 35.1 Å². The van der Waals surface area contributed by atoms with Gasteiger partial charge in [0.15, 0.2) is 0 Å². The highest BCUT2D eigenvalue weighted by Gasteiger charge is 2.26. The summed E-state index contributed by atoms with van der Waals surface area (Å²) in [5.41, 5.74) is 2.15. The molecule has 0 spiro atoms. The molecule has 16 heteroatoms. The van der Waals surface area contributed by atoms with E-state index in [4.69, 9.17) is 20.4 Å². The van der Waals surface area contributed by atoms with Gasteiger partial charge in [0.25, 0.3) is 0 Å². The van der Waals surface area contributed by atoms with Gasteiger partial charge >= 0.3 is 23.9 Å². The number of carboxylic acid groups (broad SMARTS) is 4. The Hall–Kier alpha value is -4.22. The maximum atomic E-state index is 12.7. The van der Waals surface area contributed by atoms with E-state index in [-0.39, 0.29) is 0 Å². The molecule has 2 aliphatic heterocycles. The predicted molar refractivity (Wildman–Crippen MR) is 172 cm³/mol. The van der Waals surface area contributed by atoms with Crippen LogP contribution in [0.25, 0.3) is 0 Å². The van der Waals surface area contributed by atoms with Crippen LogP contribution in [-0.2, 0) is 29.2 Å². The topological polar surface area (TPSA) is 196 Å². The Morgan fingerprint density at radius 3 is 1.76 bits per heavy atom. The first-order chi connectivity index (χ1) is 21.6. The molecule has 0 amide bonds. The summed E-state index contributed by atoms with van der Waals surface area (Å²) >= 11 is 1.71. The van der Waals surface area contributed by atoms with Gasteiger partial charge in [-0.2, -0.15) is 0 Å². The molecular formula is C30H38N4O10S2. The van der Waals surface area contributed by atoms with Crippen LogP contribution in [0.15, 0.2) is 81.5 Å². The van der Waals surface area contributed by atoms with Gasteiger partial charge in [0, 0.05) is 80.9 Å². The molecule has 250 valence electrons. The van der Waals surface area contributed by atoms with E-state index in [1.807, 2.05) is 12.1 Å². The molecule has 4 rings (SSSR count). The summed E-state index contributed by atoms with van der Waals surface area (Å²) in [6.45, 7) is 6.40. The molecular weight excluding hydrogens is 640 g/mol. The number of para-hydroxylation sites is 1. The number of nitrogens with zero attached hydrogens (tertiary/aromatic N) is 4. The average Bonchev–Trinajstić information content (AvgIpc) is 3.00. The lowest BCUT2D eigenvalue weighted by Crippen LogP contribution is -2.45. The number of piperazine rings is 1. The van der Waals surface area contributed by atoms with Crippen LogP contribution in [0.2, 0.25) is 0 Å². The largest absolute Gasteiger partial charge is 0.478 e. The minimum atomic E-state index is -3.47. The minimum Gasteiger partial charge on any atom is -0.478 e. The van der Waals surface area contributed by atoms with E-state index in [1.165, 1.54) is 9.20 Å². The number of rotatable bonds is 10. The van der Waals surface area contributed by atoms with E-state index in [0.29, 0.717) is 29.2 Å². The number of benzene rings is 2. The Balaban J connectivity index is 0.000000381. The van der Waals surface area contributed by atoms with Gasteiger partial charge in [0.1, 0.15) is 0 Å². The standard InChI is InChI=1S/C22H30N4O2S2.2C4H4O4/c1-23(2)30(27,28)18-9-10-22-20(17-18)26(19-7-4-5-8-21(19)29-22)12-6-11-25-15-13-24(3)14-16-25;2*5-3(6)1-2-4(7)8/h4-5,7-10,17H,6,11-16H2,1-3H3;2*1-2H,(H,5,6)(H,7,8)/b;2*2-1+. The molecule has 0 unspecified atom stereocenters. The quantitative estimate of drug-likeness (QED) is 0.268. The van der Waals surface area contributed by atoms with Crippen LogP contribution in [0.1, 0.15) is 6.42 Å². The van der Waals surface area contributed by atoms with Gasteiger partial charge in [0.05, 0.1) is 16.3 Å². The van der Waals surface area contributed by atoms with E-state index in [9.17, 15) is 27.6 Å². The predicted octanol–water partition coefficient (Wildman–Crippen LogP) is 2.60. The zero-order valence-corrected chi connectivity index (χ0v) is 27.3. The summed E-state index contributed by atoms with van der Waals surface area (Å²) in [5, 5.41) is 31.2. The fourth-order valence-electron chi connectivity index (χ4n) is 4.23. The van der Waals surface area contributed by atoms with Crippen molar-refractivity contribution in [3.05, 3.63) is 66.8 Å². The molecule has 0 aromatic heterocycles. The monoisotopic (exact) mass is 678 g/mol. The normalized spacial score (nSPS) is 14.9. The van der Waals surface area contributed by atoms with Crippen molar-refractivity contribution in [1.82, 2.24) is 14.1 Å². The molecule has 1 saturated heterocycles. The second-order valence-electron chi connectivity index (χ2n) is 10.2. The summed E-state index contributed by atoms with van der Waals surface area (Å²) < 4.78 is 26.7. The Labute approximate surface area is 271 Å².